The highest BCUT2D eigenvalue weighted by atomic mass is 16.6. The molecule has 1 unspecified atom stereocenters. The number of alkyl carbamates (subject to hydrolysis) is 1. The van der Waals surface area contributed by atoms with Gasteiger partial charge in [0.15, 0.2) is 0 Å². The molecule has 32 heavy (non-hydrogen) atoms. The van der Waals surface area contributed by atoms with Crippen LogP contribution in [0.3, 0.4) is 0 Å². The summed E-state index contributed by atoms with van der Waals surface area (Å²) in [5.74, 6) is -1.02. The SMILES string of the molecule is CC(C)(C)OC(=O)NCc1cn(-c2ccc3c(c2)C(=O)N(C2CCC(=O)NC2=O)C3)nn1. The van der Waals surface area contributed by atoms with Gasteiger partial charge >= 0.3 is 6.09 Å². The molecule has 4 rings (SSSR count). The van der Waals surface area contributed by atoms with E-state index in [9.17, 15) is 19.2 Å². The van der Waals surface area contributed by atoms with Crippen LogP contribution in [0.1, 0.15) is 55.2 Å². The van der Waals surface area contributed by atoms with Gasteiger partial charge in [0.2, 0.25) is 11.8 Å². The van der Waals surface area contributed by atoms with Gasteiger partial charge in [0, 0.05) is 18.5 Å². The number of hydrogen-bond acceptors (Lipinski definition) is 7. The fourth-order valence-electron chi connectivity index (χ4n) is 3.67. The third-order valence-electron chi connectivity index (χ3n) is 5.13. The average molecular weight is 440 g/mol. The second-order valence-electron chi connectivity index (χ2n) is 8.75. The first kappa shape index (κ1) is 21.5. The van der Waals surface area contributed by atoms with Crippen LogP contribution in [0.4, 0.5) is 4.79 Å². The summed E-state index contributed by atoms with van der Waals surface area (Å²) in [5.41, 5.74) is 1.83. The highest BCUT2D eigenvalue weighted by Gasteiger charge is 2.39. The minimum atomic E-state index is -0.659. The first-order valence-corrected chi connectivity index (χ1v) is 10.3. The smallest absolute Gasteiger partial charge is 0.407 e. The first-order valence-electron chi connectivity index (χ1n) is 10.3. The van der Waals surface area contributed by atoms with Crippen molar-refractivity contribution in [3.8, 4) is 5.69 Å². The topological polar surface area (TPSA) is 136 Å². The quantitative estimate of drug-likeness (QED) is 0.679. The van der Waals surface area contributed by atoms with Gasteiger partial charge in [-0.2, -0.15) is 0 Å². The van der Waals surface area contributed by atoms with Gasteiger partial charge in [0.25, 0.3) is 5.91 Å². The molecule has 2 aromatic rings. The van der Waals surface area contributed by atoms with E-state index in [1.807, 2.05) is 6.07 Å². The Labute approximate surface area is 184 Å². The lowest BCUT2D eigenvalue weighted by Crippen LogP contribution is -2.52. The summed E-state index contributed by atoms with van der Waals surface area (Å²) in [6.07, 6.45) is 1.62. The van der Waals surface area contributed by atoms with Gasteiger partial charge < -0.3 is 15.0 Å². The molecule has 1 aromatic heterocycles. The Hall–Kier alpha value is -3.76. The van der Waals surface area contributed by atoms with Crippen LogP contribution in [0.2, 0.25) is 0 Å². The van der Waals surface area contributed by atoms with E-state index in [2.05, 4.69) is 20.9 Å². The van der Waals surface area contributed by atoms with Crippen molar-refractivity contribution >= 4 is 23.8 Å². The van der Waals surface area contributed by atoms with Crippen molar-refractivity contribution in [2.75, 3.05) is 0 Å². The van der Waals surface area contributed by atoms with E-state index < -0.39 is 23.6 Å². The fourth-order valence-corrected chi connectivity index (χ4v) is 3.67. The maximum atomic E-state index is 13.0. The molecule has 0 saturated carbocycles. The first-order chi connectivity index (χ1) is 15.1. The van der Waals surface area contributed by atoms with Crippen LogP contribution in [0.15, 0.2) is 24.4 Å². The number of benzene rings is 1. The van der Waals surface area contributed by atoms with E-state index in [4.69, 9.17) is 4.74 Å². The van der Waals surface area contributed by atoms with E-state index in [0.717, 1.165) is 5.56 Å². The number of carbonyl (C=O) groups excluding carboxylic acids is 4. The lowest BCUT2D eigenvalue weighted by atomic mass is 10.0. The second-order valence-corrected chi connectivity index (χ2v) is 8.75. The van der Waals surface area contributed by atoms with Gasteiger partial charge in [0.1, 0.15) is 17.3 Å². The van der Waals surface area contributed by atoms with E-state index in [-0.39, 0.29) is 24.8 Å². The number of fused-ring (bicyclic) bond motifs is 1. The number of aromatic nitrogens is 3. The van der Waals surface area contributed by atoms with Crippen LogP contribution < -0.4 is 10.6 Å². The molecule has 11 nitrogen and oxygen atoms in total. The van der Waals surface area contributed by atoms with E-state index in [0.29, 0.717) is 29.9 Å². The molecule has 0 radical (unpaired) electrons. The third kappa shape index (κ3) is 4.46. The Morgan fingerprint density at radius 1 is 1.28 bits per heavy atom. The standard InChI is InChI=1S/C21H24N6O5/c1-21(2,3)32-20(31)22-9-13-11-27(25-24-13)14-5-4-12-10-26(19(30)15(12)8-14)16-6-7-17(28)23-18(16)29/h4-5,8,11,16H,6-7,9-10H2,1-3H3,(H,22,31)(H,23,28,29). The monoisotopic (exact) mass is 440 g/mol. The van der Waals surface area contributed by atoms with Gasteiger partial charge in [-0.15, -0.1) is 5.10 Å². The predicted molar refractivity (Wildman–Crippen MR) is 110 cm³/mol. The molecule has 3 heterocycles. The second kappa shape index (κ2) is 8.06. The molecule has 0 spiro atoms. The van der Waals surface area contributed by atoms with Crippen molar-refractivity contribution in [3.63, 3.8) is 0 Å². The van der Waals surface area contributed by atoms with Gasteiger partial charge in [0.05, 0.1) is 18.4 Å². The largest absolute Gasteiger partial charge is 0.444 e. The van der Waals surface area contributed by atoms with Crippen LogP contribution in [0.25, 0.3) is 5.69 Å². The minimum absolute atomic E-state index is 0.141. The number of amides is 4. The van der Waals surface area contributed by atoms with Gasteiger partial charge in [-0.25, -0.2) is 9.48 Å². The van der Waals surface area contributed by atoms with Crippen LogP contribution >= 0.6 is 0 Å². The molecule has 2 aliphatic heterocycles. The van der Waals surface area contributed by atoms with Crippen molar-refractivity contribution in [1.29, 1.82) is 0 Å². The maximum absolute atomic E-state index is 13.0. The molecular weight excluding hydrogens is 416 g/mol. The summed E-state index contributed by atoms with van der Waals surface area (Å²) in [5, 5.41) is 13.0. The molecule has 11 heteroatoms. The number of nitrogens with one attached hydrogen (secondary N) is 2. The van der Waals surface area contributed by atoms with E-state index >= 15 is 0 Å². The predicted octanol–water partition coefficient (Wildman–Crippen LogP) is 1.05. The average Bonchev–Trinajstić information content (AvgIpc) is 3.30. The van der Waals surface area contributed by atoms with Crippen molar-refractivity contribution in [1.82, 2.24) is 30.5 Å². The molecule has 0 bridgehead atoms. The summed E-state index contributed by atoms with van der Waals surface area (Å²) >= 11 is 0. The van der Waals surface area contributed by atoms with Crippen LogP contribution in [0.5, 0.6) is 0 Å². The molecular formula is C21H24N6O5. The van der Waals surface area contributed by atoms with Crippen molar-refractivity contribution in [3.05, 3.63) is 41.2 Å². The number of nitrogens with zero attached hydrogens (tertiary/aromatic N) is 4. The molecule has 1 fully saturated rings. The zero-order chi connectivity index (χ0) is 23.0. The Kier molecular flexibility index (Phi) is 5.41. The van der Waals surface area contributed by atoms with Gasteiger partial charge in [-0.1, -0.05) is 11.3 Å². The number of imide groups is 1. The molecule has 1 saturated heterocycles. The zero-order valence-electron chi connectivity index (χ0n) is 18.0. The third-order valence-corrected chi connectivity index (χ3v) is 5.13. The minimum Gasteiger partial charge on any atom is -0.444 e. The molecule has 1 atom stereocenters. The summed E-state index contributed by atoms with van der Waals surface area (Å²) in [6.45, 7) is 5.78. The molecule has 168 valence electrons. The summed E-state index contributed by atoms with van der Waals surface area (Å²) in [6, 6.07) is 4.66. The summed E-state index contributed by atoms with van der Waals surface area (Å²) in [4.78, 5) is 49.8. The number of hydrogen-bond donors (Lipinski definition) is 2. The van der Waals surface area contributed by atoms with Crippen molar-refractivity contribution in [2.45, 2.75) is 58.3 Å². The lowest BCUT2D eigenvalue weighted by molar-refractivity contribution is -0.136. The Balaban J connectivity index is 1.44. The molecule has 4 amide bonds. The van der Waals surface area contributed by atoms with Crippen LogP contribution in [0, 0.1) is 0 Å². The number of piperidine rings is 1. The van der Waals surface area contributed by atoms with Crippen molar-refractivity contribution in [2.24, 2.45) is 0 Å². The highest BCUT2D eigenvalue weighted by Crippen LogP contribution is 2.29. The van der Waals surface area contributed by atoms with Crippen LogP contribution in [-0.4, -0.2) is 55.4 Å². The van der Waals surface area contributed by atoms with Crippen molar-refractivity contribution < 1.29 is 23.9 Å². The summed E-state index contributed by atoms with van der Waals surface area (Å²) in [7, 11) is 0. The maximum Gasteiger partial charge on any atom is 0.407 e. The molecule has 2 N–H and O–H groups in total. The van der Waals surface area contributed by atoms with Gasteiger partial charge in [-0.05, 0) is 44.9 Å². The molecule has 1 aromatic carbocycles. The Bertz CT molecular complexity index is 1100. The Morgan fingerprint density at radius 2 is 2.06 bits per heavy atom. The number of rotatable bonds is 4. The lowest BCUT2D eigenvalue weighted by Gasteiger charge is -2.29. The fraction of sp³-hybridized carbons (Fsp3) is 0.429. The normalized spacial score (nSPS) is 18.4. The highest BCUT2D eigenvalue weighted by molar-refractivity contribution is 6.05. The van der Waals surface area contributed by atoms with Gasteiger partial charge in [-0.3, -0.25) is 19.7 Å². The number of ether oxygens (including phenoxy) is 1. The Morgan fingerprint density at radius 3 is 2.78 bits per heavy atom. The molecule has 2 aliphatic rings. The van der Waals surface area contributed by atoms with Crippen LogP contribution in [-0.2, 0) is 27.4 Å². The van der Waals surface area contributed by atoms with E-state index in [1.54, 1.807) is 39.1 Å². The molecule has 0 aliphatic carbocycles. The zero-order valence-corrected chi connectivity index (χ0v) is 18.0. The van der Waals surface area contributed by atoms with E-state index in [1.165, 1.54) is 9.58 Å². The number of carbonyl (C=O) groups is 4. The summed E-state index contributed by atoms with van der Waals surface area (Å²) < 4.78 is 6.70.